The van der Waals surface area contributed by atoms with Crippen molar-refractivity contribution in [3.63, 3.8) is 0 Å². The van der Waals surface area contributed by atoms with E-state index in [0.29, 0.717) is 5.92 Å². The molecule has 1 spiro atoms. The number of hydrogen-bond acceptors (Lipinski definition) is 3. The highest BCUT2D eigenvalue weighted by Gasteiger charge is 2.52. The van der Waals surface area contributed by atoms with Crippen molar-refractivity contribution in [2.75, 3.05) is 7.11 Å². The van der Waals surface area contributed by atoms with Gasteiger partial charge >= 0.3 is 5.97 Å². The molecular formula is C16H18O3. The molecule has 0 saturated carbocycles. The van der Waals surface area contributed by atoms with E-state index in [9.17, 15) is 4.79 Å². The van der Waals surface area contributed by atoms with Crippen molar-refractivity contribution in [3.05, 3.63) is 42.0 Å². The van der Waals surface area contributed by atoms with Crippen molar-refractivity contribution < 1.29 is 14.3 Å². The van der Waals surface area contributed by atoms with Gasteiger partial charge in [-0.2, -0.15) is 0 Å². The Morgan fingerprint density at radius 3 is 2.89 bits per heavy atom. The highest BCUT2D eigenvalue weighted by molar-refractivity contribution is 5.83. The van der Waals surface area contributed by atoms with Gasteiger partial charge in [-0.05, 0) is 30.9 Å². The van der Waals surface area contributed by atoms with Crippen LogP contribution in [0, 0.1) is 5.92 Å². The summed E-state index contributed by atoms with van der Waals surface area (Å²) in [6.07, 6.45) is 6.07. The summed E-state index contributed by atoms with van der Waals surface area (Å²) in [4.78, 5) is 12.2. The minimum Gasteiger partial charge on any atom is -0.482 e. The lowest BCUT2D eigenvalue weighted by molar-refractivity contribution is -0.145. The van der Waals surface area contributed by atoms with E-state index in [2.05, 4.69) is 19.1 Å². The first-order valence-corrected chi connectivity index (χ1v) is 6.71. The standard InChI is InChI=1S/C16H18O3/c1-11-7-9-16(10-8-11)14(15(17)18-2)12-5-3-4-6-13(12)19-16/h3-7,9,11,14H,8,10H2,1-2H3/t11-,14+,16+/m1/s1. The van der Waals surface area contributed by atoms with E-state index in [-0.39, 0.29) is 11.9 Å². The van der Waals surface area contributed by atoms with Crippen LogP contribution in [0.3, 0.4) is 0 Å². The zero-order valence-electron chi connectivity index (χ0n) is 11.3. The van der Waals surface area contributed by atoms with E-state index in [4.69, 9.17) is 9.47 Å². The second-order valence-corrected chi connectivity index (χ2v) is 5.43. The molecule has 1 heterocycles. The third-order valence-electron chi connectivity index (χ3n) is 4.15. The predicted molar refractivity (Wildman–Crippen MR) is 72.1 cm³/mol. The van der Waals surface area contributed by atoms with Gasteiger partial charge in [0.15, 0.2) is 0 Å². The molecule has 19 heavy (non-hydrogen) atoms. The Morgan fingerprint density at radius 2 is 2.21 bits per heavy atom. The van der Waals surface area contributed by atoms with Crippen LogP contribution in [0.5, 0.6) is 5.75 Å². The molecule has 1 aromatic rings. The highest BCUT2D eigenvalue weighted by atomic mass is 16.5. The molecule has 0 radical (unpaired) electrons. The van der Waals surface area contributed by atoms with E-state index in [1.165, 1.54) is 7.11 Å². The van der Waals surface area contributed by atoms with Gasteiger partial charge in [0.1, 0.15) is 17.3 Å². The average molecular weight is 258 g/mol. The number of rotatable bonds is 1. The summed E-state index contributed by atoms with van der Waals surface area (Å²) >= 11 is 0. The molecule has 3 heteroatoms. The summed E-state index contributed by atoms with van der Waals surface area (Å²) in [6.45, 7) is 2.18. The van der Waals surface area contributed by atoms with Crippen LogP contribution in [-0.2, 0) is 9.53 Å². The number of esters is 1. The fourth-order valence-corrected chi connectivity index (χ4v) is 3.07. The first-order valence-electron chi connectivity index (χ1n) is 6.71. The van der Waals surface area contributed by atoms with Crippen LogP contribution in [0.15, 0.2) is 36.4 Å². The molecule has 3 rings (SSSR count). The molecule has 2 aliphatic rings. The number of carbonyl (C=O) groups is 1. The van der Waals surface area contributed by atoms with Gasteiger partial charge < -0.3 is 9.47 Å². The number of hydrogen-bond donors (Lipinski definition) is 0. The molecule has 100 valence electrons. The molecule has 1 aliphatic heterocycles. The van der Waals surface area contributed by atoms with E-state index in [1.807, 2.05) is 24.3 Å². The minimum atomic E-state index is -0.552. The van der Waals surface area contributed by atoms with E-state index < -0.39 is 5.60 Å². The smallest absolute Gasteiger partial charge is 0.317 e. The van der Waals surface area contributed by atoms with Gasteiger partial charge in [-0.25, -0.2) is 0 Å². The van der Waals surface area contributed by atoms with Gasteiger partial charge in [-0.3, -0.25) is 4.79 Å². The lowest BCUT2D eigenvalue weighted by Crippen LogP contribution is -2.42. The van der Waals surface area contributed by atoms with Gasteiger partial charge in [0.2, 0.25) is 0 Å². The quantitative estimate of drug-likeness (QED) is 0.573. The second kappa shape index (κ2) is 4.41. The lowest BCUT2D eigenvalue weighted by Gasteiger charge is -2.34. The second-order valence-electron chi connectivity index (χ2n) is 5.43. The van der Waals surface area contributed by atoms with Crippen LogP contribution in [0.25, 0.3) is 0 Å². The van der Waals surface area contributed by atoms with Gasteiger partial charge in [0.25, 0.3) is 0 Å². The molecule has 1 aliphatic carbocycles. The van der Waals surface area contributed by atoms with Crippen LogP contribution >= 0.6 is 0 Å². The molecule has 0 aromatic heterocycles. The summed E-state index contributed by atoms with van der Waals surface area (Å²) in [5.74, 6) is 0.773. The van der Waals surface area contributed by atoms with Crippen molar-refractivity contribution in [3.8, 4) is 5.75 Å². The SMILES string of the molecule is COC(=O)[C@@H]1c2ccccc2O[C@]12C=C[C@@H](C)CC2. The van der Waals surface area contributed by atoms with Crippen molar-refractivity contribution >= 4 is 5.97 Å². The lowest BCUT2D eigenvalue weighted by atomic mass is 9.76. The fraction of sp³-hybridized carbons (Fsp3) is 0.438. The Kier molecular flexibility index (Phi) is 2.85. The number of fused-ring (bicyclic) bond motifs is 1. The van der Waals surface area contributed by atoms with Gasteiger partial charge in [0, 0.05) is 5.56 Å². The number of para-hydroxylation sites is 1. The number of methoxy groups -OCH3 is 1. The molecule has 3 atom stereocenters. The normalized spacial score (nSPS) is 31.9. The topological polar surface area (TPSA) is 35.5 Å². The summed E-state index contributed by atoms with van der Waals surface area (Å²) in [6, 6.07) is 7.75. The molecule has 0 N–H and O–H groups in total. The molecule has 1 aromatic carbocycles. The maximum atomic E-state index is 12.2. The number of allylic oxidation sites excluding steroid dienone is 1. The number of ether oxygens (including phenoxy) is 2. The number of carbonyl (C=O) groups excluding carboxylic acids is 1. The molecule has 0 fully saturated rings. The zero-order valence-corrected chi connectivity index (χ0v) is 11.3. The van der Waals surface area contributed by atoms with Crippen LogP contribution in [0.2, 0.25) is 0 Å². The predicted octanol–water partition coefficient (Wildman–Crippen LogP) is 3.06. The molecule has 0 amide bonds. The van der Waals surface area contributed by atoms with Gasteiger partial charge in [-0.1, -0.05) is 31.2 Å². The summed E-state index contributed by atoms with van der Waals surface area (Å²) < 4.78 is 11.1. The van der Waals surface area contributed by atoms with Crippen molar-refractivity contribution in [1.82, 2.24) is 0 Å². The zero-order chi connectivity index (χ0) is 13.5. The minimum absolute atomic E-state index is 0.218. The third kappa shape index (κ3) is 1.84. The van der Waals surface area contributed by atoms with Crippen LogP contribution in [0.4, 0.5) is 0 Å². The molecular weight excluding hydrogens is 240 g/mol. The molecule has 0 bridgehead atoms. The van der Waals surface area contributed by atoms with E-state index in [1.54, 1.807) is 0 Å². The van der Waals surface area contributed by atoms with Crippen LogP contribution < -0.4 is 4.74 Å². The Bertz CT molecular complexity index is 535. The van der Waals surface area contributed by atoms with Crippen LogP contribution in [-0.4, -0.2) is 18.7 Å². The Hall–Kier alpha value is -1.77. The fourth-order valence-electron chi connectivity index (χ4n) is 3.07. The summed E-state index contributed by atoms with van der Waals surface area (Å²) in [7, 11) is 1.44. The Morgan fingerprint density at radius 1 is 1.42 bits per heavy atom. The van der Waals surface area contributed by atoms with Crippen molar-refractivity contribution in [2.45, 2.75) is 31.3 Å². The Labute approximate surface area is 113 Å². The monoisotopic (exact) mass is 258 g/mol. The molecule has 0 unspecified atom stereocenters. The van der Waals surface area contributed by atoms with Crippen molar-refractivity contribution in [1.29, 1.82) is 0 Å². The third-order valence-corrected chi connectivity index (χ3v) is 4.15. The van der Waals surface area contributed by atoms with Gasteiger partial charge in [-0.15, -0.1) is 0 Å². The molecule has 0 saturated heterocycles. The average Bonchev–Trinajstić information content (AvgIpc) is 2.75. The highest BCUT2D eigenvalue weighted by Crippen LogP contribution is 2.50. The van der Waals surface area contributed by atoms with E-state index >= 15 is 0 Å². The molecule has 3 nitrogen and oxygen atoms in total. The van der Waals surface area contributed by atoms with Gasteiger partial charge in [0.05, 0.1) is 7.11 Å². The van der Waals surface area contributed by atoms with Crippen LogP contribution in [0.1, 0.15) is 31.2 Å². The first kappa shape index (κ1) is 12.3. The maximum absolute atomic E-state index is 12.2. The maximum Gasteiger partial charge on any atom is 0.317 e. The van der Waals surface area contributed by atoms with Crippen molar-refractivity contribution in [2.24, 2.45) is 5.92 Å². The largest absolute Gasteiger partial charge is 0.482 e. The number of benzene rings is 1. The summed E-state index contributed by atoms with van der Waals surface area (Å²) in [5.41, 5.74) is 0.386. The Balaban J connectivity index is 2.07. The first-order chi connectivity index (χ1) is 9.16. The van der Waals surface area contributed by atoms with E-state index in [0.717, 1.165) is 24.2 Å². The summed E-state index contributed by atoms with van der Waals surface area (Å²) in [5, 5.41) is 0.